The van der Waals surface area contributed by atoms with Gasteiger partial charge in [0.15, 0.2) is 6.29 Å². The third-order valence-electron chi connectivity index (χ3n) is 3.99. The van der Waals surface area contributed by atoms with Crippen LogP contribution in [0.4, 0.5) is 0 Å². The van der Waals surface area contributed by atoms with E-state index in [4.69, 9.17) is 9.47 Å². The molecule has 1 aromatic heterocycles. The van der Waals surface area contributed by atoms with Crippen LogP contribution in [-0.4, -0.2) is 18.0 Å². The molecule has 0 aliphatic carbocycles. The average Bonchev–Trinajstić information content (AvgIpc) is 2.90. The minimum absolute atomic E-state index is 0.714. The Bertz CT molecular complexity index is 846. The van der Waals surface area contributed by atoms with Crippen molar-refractivity contribution < 1.29 is 14.3 Å². The average molecular weight is 321 g/mol. The van der Waals surface area contributed by atoms with Gasteiger partial charge in [0, 0.05) is 22.6 Å². The second-order valence-corrected chi connectivity index (χ2v) is 5.55. The molecular weight excluding hydrogens is 302 g/mol. The van der Waals surface area contributed by atoms with E-state index >= 15 is 0 Å². The molecule has 0 aliphatic rings. The summed E-state index contributed by atoms with van der Waals surface area (Å²) in [6.07, 6.45) is 0.889. The lowest BCUT2D eigenvalue weighted by Gasteiger charge is -2.11. The summed E-state index contributed by atoms with van der Waals surface area (Å²) in [7, 11) is 1.63. The fourth-order valence-corrected chi connectivity index (χ4v) is 2.75. The maximum absolute atomic E-state index is 11.1. The molecule has 24 heavy (non-hydrogen) atoms. The van der Waals surface area contributed by atoms with E-state index in [9.17, 15) is 4.79 Å². The predicted molar refractivity (Wildman–Crippen MR) is 93.7 cm³/mol. The van der Waals surface area contributed by atoms with E-state index in [-0.39, 0.29) is 0 Å². The lowest BCUT2D eigenvalue weighted by Crippen LogP contribution is -1.99. The van der Waals surface area contributed by atoms with Gasteiger partial charge in [0.1, 0.15) is 17.2 Å². The Kier molecular flexibility index (Phi) is 4.38. The second kappa shape index (κ2) is 6.62. The van der Waals surface area contributed by atoms with E-state index in [0.29, 0.717) is 5.56 Å². The van der Waals surface area contributed by atoms with Crippen LogP contribution in [0.3, 0.4) is 0 Å². The molecule has 0 unspecified atom stereocenters. The number of hydrogen-bond acceptors (Lipinski definition) is 3. The fraction of sp³-hybridized carbons (Fsp3) is 0.150. The van der Waals surface area contributed by atoms with Crippen LogP contribution in [0.25, 0.3) is 5.69 Å². The SMILES string of the molecule is COc1ccc(Oc2ccc(-n3c(C)cc(C=O)c3C)cc2)cc1. The molecule has 2 aromatic carbocycles. The van der Waals surface area contributed by atoms with Gasteiger partial charge in [0.25, 0.3) is 0 Å². The highest BCUT2D eigenvalue weighted by Crippen LogP contribution is 2.26. The molecule has 0 saturated carbocycles. The topological polar surface area (TPSA) is 40.5 Å². The molecule has 0 bridgehead atoms. The summed E-state index contributed by atoms with van der Waals surface area (Å²) in [4.78, 5) is 11.1. The Hall–Kier alpha value is -3.01. The Morgan fingerprint density at radius 1 is 0.875 bits per heavy atom. The van der Waals surface area contributed by atoms with Gasteiger partial charge in [0.2, 0.25) is 0 Å². The highest BCUT2D eigenvalue weighted by atomic mass is 16.5. The first kappa shape index (κ1) is 15.9. The van der Waals surface area contributed by atoms with Gasteiger partial charge in [0.05, 0.1) is 7.11 Å². The van der Waals surface area contributed by atoms with Crippen molar-refractivity contribution >= 4 is 6.29 Å². The van der Waals surface area contributed by atoms with E-state index < -0.39 is 0 Å². The summed E-state index contributed by atoms with van der Waals surface area (Å²) in [5, 5.41) is 0. The number of aryl methyl sites for hydroxylation is 1. The number of aromatic nitrogens is 1. The van der Waals surface area contributed by atoms with Crippen LogP contribution in [0.1, 0.15) is 21.7 Å². The molecule has 3 rings (SSSR count). The van der Waals surface area contributed by atoms with Gasteiger partial charge < -0.3 is 14.0 Å². The number of nitrogens with zero attached hydrogens (tertiary/aromatic N) is 1. The number of rotatable bonds is 5. The van der Waals surface area contributed by atoms with Gasteiger partial charge >= 0.3 is 0 Å². The quantitative estimate of drug-likeness (QED) is 0.639. The number of hydrogen-bond donors (Lipinski definition) is 0. The standard InChI is InChI=1S/C20H19NO3/c1-14-12-16(13-22)15(2)21(14)17-4-6-19(7-5-17)24-20-10-8-18(23-3)9-11-20/h4-13H,1-3H3. The molecule has 1 heterocycles. The van der Waals surface area contributed by atoms with Crippen molar-refractivity contribution in [2.45, 2.75) is 13.8 Å². The lowest BCUT2D eigenvalue weighted by atomic mass is 10.2. The highest BCUT2D eigenvalue weighted by molar-refractivity contribution is 5.77. The van der Waals surface area contributed by atoms with Crippen LogP contribution in [0.2, 0.25) is 0 Å². The molecule has 4 heteroatoms. The predicted octanol–water partition coefficient (Wildman–Crippen LogP) is 4.71. The number of carbonyl (C=O) groups is 1. The zero-order valence-corrected chi connectivity index (χ0v) is 13.9. The van der Waals surface area contributed by atoms with Crippen LogP contribution < -0.4 is 9.47 Å². The first-order valence-corrected chi connectivity index (χ1v) is 7.69. The molecule has 0 aliphatic heterocycles. The van der Waals surface area contributed by atoms with Gasteiger partial charge in [-0.05, 0) is 68.4 Å². The zero-order valence-electron chi connectivity index (χ0n) is 13.9. The minimum atomic E-state index is 0.714. The van der Waals surface area contributed by atoms with Crippen LogP contribution >= 0.6 is 0 Å². The first-order valence-electron chi connectivity index (χ1n) is 7.69. The van der Waals surface area contributed by atoms with Crippen molar-refractivity contribution in [3.05, 3.63) is 71.5 Å². The van der Waals surface area contributed by atoms with Gasteiger partial charge in [-0.3, -0.25) is 4.79 Å². The fourth-order valence-electron chi connectivity index (χ4n) is 2.75. The molecule has 0 fully saturated rings. The van der Waals surface area contributed by atoms with Gasteiger partial charge in [-0.1, -0.05) is 0 Å². The van der Waals surface area contributed by atoms with Crippen molar-refractivity contribution in [2.24, 2.45) is 0 Å². The van der Waals surface area contributed by atoms with E-state index in [1.54, 1.807) is 7.11 Å². The summed E-state index contributed by atoms with van der Waals surface area (Å²) in [5.74, 6) is 2.30. The van der Waals surface area contributed by atoms with Crippen LogP contribution in [0, 0.1) is 13.8 Å². The molecule has 0 radical (unpaired) electrons. The molecule has 4 nitrogen and oxygen atoms in total. The van der Waals surface area contributed by atoms with Crippen LogP contribution in [-0.2, 0) is 0 Å². The van der Waals surface area contributed by atoms with Crippen molar-refractivity contribution in [2.75, 3.05) is 7.11 Å². The molecule has 122 valence electrons. The lowest BCUT2D eigenvalue weighted by molar-refractivity contribution is 0.112. The van der Waals surface area contributed by atoms with Crippen molar-refractivity contribution in [1.29, 1.82) is 0 Å². The number of carbonyl (C=O) groups excluding carboxylic acids is 1. The molecular formula is C20H19NO3. The van der Waals surface area contributed by atoms with Crippen molar-refractivity contribution in [3.8, 4) is 22.9 Å². The van der Waals surface area contributed by atoms with E-state index in [0.717, 1.165) is 40.6 Å². The summed E-state index contributed by atoms with van der Waals surface area (Å²) in [6.45, 7) is 3.93. The molecule has 0 atom stereocenters. The van der Waals surface area contributed by atoms with Crippen molar-refractivity contribution in [1.82, 2.24) is 4.57 Å². The van der Waals surface area contributed by atoms with Crippen molar-refractivity contribution in [3.63, 3.8) is 0 Å². The summed E-state index contributed by atoms with van der Waals surface area (Å²) in [5.41, 5.74) is 3.68. The van der Waals surface area contributed by atoms with Gasteiger partial charge in [-0.15, -0.1) is 0 Å². The molecule has 0 N–H and O–H groups in total. The van der Waals surface area contributed by atoms with Crippen LogP contribution in [0.5, 0.6) is 17.2 Å². The van der Waals surface area contributed by atoms with E-state index in [1.807, 2.05) is 68.4 Å². The maximum Gasteiger partial charge on any atom is 0.151 e. The molecule has 0 saturated heterocycles. The Morgan fingerprint density at radius 3 is 1.92 bits per heavy atom. The maximum atomic E-state index is 11.1. The van der Waals surface area contributed by atoms with Gasteiger partial charge in [-0.25, -0.2) is 0 Å². The molecule has 0 amide bonds. The number of ether oxygens (including phenoxy) is 2. The summed E-state index contributed by atoms with van der Waals surface area (Å²) in [6, 6.07) is 17.1. The summed E-state index contributed by atoms with van der Waals surface area (Å²) < 4.78 is 13.0. The third-order valence-corrected chi connectivity index (χ3v) is 3.99. The molecule has 0 spiro atoms. The number of methoxy groups -OCH3 is 1. The normalized spacial score (nSPS) is 10.5. The second-order valence-electron chi connectivity index (χ2n) is 5.55. The molecule has 3 aromatic rings. The largest absolute Gasteiger partial charge is 0.497 e. The van der Waals surface area contributed by atoms with E-state index in [1.165, 1.54) is 0 Å². The zero-order chi connectivity index (χ0) is 17.1. The van der Waals surface area contributed by atoms with Gasteiger partial charge in [-0.2, -0.15) is 0 Å². The third kappa shape index (κ3) is 3.04. The Morgan fingerprint density at radius 2 is 1.42 bits per heavy atom. The van der Waals surface area contributed by atoms with E-state index in [2.05, 4.69) is 4.57 Å². The summed E-state index contributed by atoms with van der Waals surface area (Å²) >= 11 is 0. The monoisotopic (exact) mass is 321 g/mol. The highest BCUT2D eigenvalue weighted by Gasteiger charge is 2.10. The minimum Gasteiger partial charge on any atom is -0.497 e. The number of aldehydes is 1. The smallest absolute Gasteiger partial charge is 0.151 e. The first-order chi connectivity index (χ1) is 11.6. The Labute approximate surface area is 141 Å². The Balaban J connectivity index is 1.83. The van der Waals surface area contributed by atoms with Crippen LogP contribution in [0.15, 0.2) is 54.6 Å². The number of benzene rings is 2.